The van der Waals surface area contributed by atoms with Crippen LogP contribution in [0.3, 0.4) is 0 Å². The quantitative estimate of drug-likeness (QED) is 0.744. The molecule has 1 aromatic rings. The van der Waals surface area contributed by atoms with E-state index in [1.807, 2.05) is 0 Å². The number of rotatable bonds is 7. The summed E-state index contributed by atoms with van der Waals surface area (Å²) >= 11 is 0. The second-order valence-corrected chi connectivity index (χ2v) is 5.21. The molecule has 100 valence electrons. The summed E-state index contributed by atoms with van der Waals surface area (Å²) < 4.78 is 5.40. The molecule has 2 heteroatoms. The monoisotopic (exact) mass is 248 g/mol. The SMILES string of the molecule is CCCOCCC(O)c1ccc(C2CCC2)cc1. The highest BCUT2D eigenvalue weighted by atomic mass is 16.5. The van der Waals surface area contributed by atoms with Crippen LogP contribution in [0.5, 0.6) is 0 Å². The van der Waals surface area contributed by atoms with Crippen molar-refractivity contribution in [2.45, 2.75) is 51.0 Å². The Balaban J connectivity index is 1.80. The lowest BCUT2D eigenvalue weighted by molar-refractivity contribution is 0.0822. The summed E-state index contributed by atoms with van der Waals surface area (Å²) in [4.78, 5) is 0. The first-order valence-electron chi connectivity index (χ1n) is 7.17. The smallest absolute Gasteiger partial charge is 0.0812 e. The Morgan fingerprint density at radius 3 is 2.50 bits per heavy atom. The largest absolute Gasteiger partial charge is 0.388 e. The molecule has 0 heterocycles. The van der Waals surface area contributed by atoms with E-state index in [1.165, 1.54) is 24.8 Å². The Kier molecular flexibility index (Phi) is 5.21. The number of aliphatic hydroxyl groups excluding tert-OH is 1. The molecular formula is C16H24O2. The highest BCUT2D eigenvalue weighted by Crippen LogP contribution is 2.36. The molecule has 1 aliphatic rings. The molecule has 0 bridgehead atoms. The topological polar surface area (TPSA) is 29.5 Å². The van der Waals surface area contributed by atoms with E-state index in [4.69, 9.17) is 4.74 Å². The van der Waals surface area contributed by atoms with E-state index in [2.05, 4.69) is 31.2 Å². The third kappa shape index (κ3) is 3.56. The van der Waals surface area contributed by atoms with Gasteiger partial charge in [-0.1, -0.05) is 37.6 Å². The van der Waals surface area contributed by atoms with Crippen LogP contribution in [0.15, 0.2) is 24.3 Å². The van der Waals surface area contributed by atoms with E-state index in [1.54, 1.807) is 0 Å². The first-order valence-corrected chi connectivity index (χ1v) is 7.17. The van der Waals surface area contributed by atoms with Gasteiger partial charge in [0.2, 0.25) is 0 Å². The third-order valence-electron chi connectivity index (χ3n) is 3.78. The first-order chi connectivity index (χ1) is 8.81. The van der Waals surface area contributed by atoms with Gasteiger partial charge < -0.3 is 9.84 Å². The van der Waals surface area contributed by atoms with Crippen molar-refractivity contribution in [3.8, 4) is 0 Å². The zero-order valence-corrected chi connectivity index (χ0v) is 11.3. The fourth-order valence-electron chi connectivity index (χ4n) is 2.34. The molecule has 0 saturated heterocycles. The molecule has 0 spiro atoms. The maximum atomic E-state index is 10.0. The summed E-state index contributed by atoms with van der Waals surface area (Å²) in [7, 11) is 0. The van der Waals surface area contributed by atoms with E-state index in [0.29, 0.717) is 13.0 Å². The second kappa shape index (κ2) is 6.91. The number of benzene rings is 1. The summed E-state index contributed by atoms with van der Waals surface area (Å²) in [6, 6.07) is 8.49. The van der Waals surface area contributed by atoms with Crippen LogP contribution in [0.4, 0.5) is 0 Å². The molecule has 1 N–H and O–H groups in total. The molecule has 1 aliphatic carbocycles. The molecule has 1 aromatic carbocycles. The average molecular weight is 248 g/mol. The van der Waals surface area contributed by atoms with Crippen molar-refractivity contribution in [1.29, 1.82) is 0 Å². The number of aliphatic hydroxyl groups is 1. The van der Waals surface area contributed by atoms with E-state index in [9.17, 15) is 5.11 Å². The Morgan fingerprint density at radius 1 is 1.22 bits per heavy atom. The Bertz CT molecular complexity index is 341. The number of ether oxygens (including phenoxy) is 1. The van der Waals surface area contributed by atoms with Crippen LogP contribution in [-0.4, -0.2) is 18.3 Å². The Morgan fingerprint density at radius 2 is 1.94 bits per heavy atom. The third-order valence-corrected chi connectivity index (χ3v) is 3.78. The van der Waals surface area contributed by atoms with Gasteiger partial charge in [-0.25, -0.2) is 0 Å². The van der Waals surface area contributed by atoms with E-state index < -0.39 is 6.10 Å². The zero-order valence-electron chi connectivity index (χ0n) is 11.3. The lowest BCUT2D eigenvalue weighted by atomic mass is 9.80. The summed E-state index contributed by atoms with van der Waals surface area (Å²) in [5.74, 6) is 0.768. The predicted octanol–water partition coefficient (Wildman–Crippen LogP) is 3.80. The molecule has 1 fully saturated rings. The molecular weight excluding hydrogens is 224 g/mol. The fourth-order valence-corrected chi connectivity index (χ4v) is 2.34. The molecule has 2 nitrogen and oxygen atoms in total. The minimum Gasteiger partial charge on any atom is -0.388 e. The van der Waals surface area contributed by atoms with Crippen LogP contribution in [0, 0.1) is 0 Å². The van der Waals surface area contributed by atoms with Crippen LogP contribution in [0.2, 0.25) is 0 Å². The second-order valence-electron chi connectivity index (χ2n) is 5.21. The predicted molar refractivity (Wildman–Crippen MR) is 73.7 cm³/mol. The standard InChI is InChI=1S/C16H24O2/c1-2-11-18-12-10-16(17)15-8-6-14(7-9-15)13-4-3-5-13/h6-9,13,16-17H,2-5,10-12H2,1H3. The molecule has 0 aliphatic heterocycles. The molecule has 0 radical (unpaired) electrons. The van der Waals surface area contributed by atoms with E-state index in [-0.39, 0.29) is 0 Å². The van der Waals surface area contributed by atoms with Crippen LogP contribution in [0.1, 0.15) is 62.2 Å². The average Bonchev–Trinajstić information content (AvgIpc) is 2.33. The zero-order chi connectivity index (χ0) is 12.8. The minimum absolute atomic E-state index is 0.391. The van der Waals surface area contributed by atoms with Gasteiger partial charge in [0.15, 0.2) is 0 Å². The van der Waals surface area contributed by atoms with Crippen molar-refractivity contribution in [3.05, 3.63) is 35.4 Å². The minimum atomic E-state index is -0.391. The van der Waals surface area contributed by atoms with Crippen LogP contribution in [-0.2, 0) is 4.74 Å². The maximum Gasteiger partial charge on any atom is 0.0812 e. The Hall–Kier alpha value is -0.860. The summed E-state index contributed by atoms with van der Waals surface area (Å²) in [6.07, 6.45) is 5.34. The van der Waals surface area contributed by atoms with E-state index >= 15 is 0 Å². The summed E-state index contributed by atoms with van der Waals surface area (Å²) in [5.41, 5.74) is 2.44. The number of hydrogen-bond donors (Lipinski definition) is 1. The summed E-state index contributed by atoms with van der Waals surface area (Å²) in [5, 5.41) is 10.0. The van der Waals surface area contributed by atoms with Crippen LogP contribution >= 0.6 is 0 Å². The van der Waals surface area contributed by atoms with Crippen molar-refractivity contribution in [2.24, 2.45) is 0 Å². The van der Waals surface area contributed by atoms with Gasteiger partial charge in [-0.2, -0.15) is 0 Å². The van der Waals surface area contributed by atoms with Crippen molar-refractivity contribution >= 4 is 0 Å². The lowest BCUT2D eigenvalue weighted by Gasteiger charge is -2.26. The van der Waals surface area contributed by atoms with Gasteiger partial charge in [-0.05, 0) is 36.3 Å². The molecule has 18 heavy (non-hydrogen) atoms. The van der Waals surface area contributed by atoms with Gasteiger partial charge in [0.05, 0.1) is 6.10 Å². The molecule has 1 saturated carbocycles. The van der Waals surface area contributed by atoms with E-state index in [0.717, 1.165) is 24.5 Å². The normalized spacial score (nSPS) is 17.4. The van der Waals surface area contributed by atoms with Gasteiger partial charge in [-0.3, -0.25) is 0 Å². The van der Waals surface area contributed by atoms with Gasteiger partial charge in [-0.15, -0.1) is 0 Å². The fraction of sp³-hybridized carbons (Fsp3) is 0.625. The molecule has 0 aromatic heterocycles. The van der Waals surface area contributed by atoms with Gasteiger partial charge >= 0.3 is 0 Å². The van der Waals surface area contributed by atoms with Gasteiger partial charge in [0.25, 0.3) is 0 Å². The lowest BCUT2D eigenvalue weighted by Crippen LogP contribution is -2.09. The highest BCUT2D eigenvalue weighted by molar-refractivity contribution is 5.27. The van der Waals surface area contributed by atoms with Crippen molar-refractivity contribution in [2.75, 3.05) is 13.2 Å². The summed E-state index contributed by atoms with van der Waals surface area (Å²) in [6.45, 7) is 3.52. The van der Waals surface area contributed by atoms with Crippen LogP contribution in [0.25, 0.3) is 0 Å². The number of hydrogen-bond acceptors (Lipinski definition) is 2. The maximum absolute atomic E-state index is 10.0. The highest BCUT2D eigenvalue weighted by Gasteiger charge is 2.19. The van der Waals surface area contributed by atoms with Crippen LogP contribution < -0.4 is 0 Å². The molecule has 1 unspecified atom stereocenters. The van der Waals surface area contributed by atoms with Crippen molar-refractivity contribution in [1.82, 2.24) is 0 Å². The first kappa shape index (κ1) is 13.6. The molecule has 0 amide bonds. The van der Waals surface area contributed by atoms with Crippen molar-refractivity contribution in [3.63, 3.8) is 0 Å². The molecule has 2 rings (SSSR count). The van der Waals surface area contributed by atoms with Crippen molar-refractivity contribution < 1.29 is 9.84 Å². The van der Waals surface area contributed by atoms with Gasteiger partial charge in [0, 0.05) is 19.6 Å². The molecule has 1 atom stereocenters. The Labute approximate surface area is 110 Å². The van der Waals surface area contributed by atoms with Gasteiger partial charge in [0.1, 0.15) is 0 Å².